The molecule has 252 valence electrons. The lowest BCUT2D eigenvalue weighted by atomic mass is 9.60. The van der Waals surface area contributed by atoms with Gasteiger partial charge in [-0.05, 0) is 56.5 Å². The Balaban J connectivity index is 1.20. The van der Waals surface area contributed by atoms with Crippen LogP contribution in [0.15, 0.2) is 41.6 Å². The quantitative estimate of drug-likeness (QED) is 0.133. The van der Waals surface area contributed by atoms with Crippen LogP contribution in [0.25, 0.3) is 0 Å². The number of amides is 3. The first-order valence-electron chi connectivity index (χ1n) is 16.2. The Labute approximate surface area is 268 Å². The molecule has 2 heterocycles. The van der Waals surface area contributed by atoms with E-state index < -0.39 is 48.3 Å². The normalized spacial score (nSPS) is 32.9. The van der Waals surface area contributed by atoms with Crippen LogP contribution in [0.1, 0.15) is 46.0 Å². The minimum Gasteiger partial charge on any atom is -0.497 e. The standard InChI is InChI=1S/C33H45N3O10/c1-4-15-34-33(41)43-18-27-26(45-20-8-6-19(42-3)7-9-20)13-10-21(46-27)14-16-44-35-24-17-25(37)30(38)28-22(24)11-12-23-29(28)32(40)36(5-2)31(23)39/h6-10,13,21-23,25-30,37-38H,4-5,11-12,14-18H2,1-3H3,(H,34,41)/t21-,22+,23+,25+,26+,27+,28-,29-,30+/m0/s1. The molecule has 2 saturated carbocycles. The molecule has 1 aromatic rings. The molecule has 0 spiro atoms. The number of carbonyl (C=O) groups excluding carboxylic acids is 3. The van der Waals surface area contributed by atoms with E-state index in [1.165, 1.54) is 4.90 Å². The number of nitrogens with one attached hydrogen (secondary N) is 1. The Bertz CT molecular complexity index is 1290. The van der Waals surface area contributed by atoms with E-state index in [0.29, 0.717) is 43.0 Å². The first-order valence-corrected chi connectivity index (χ1v) is 16.2. The van der Waals surface area contributed by atoms with Crippen LogP contribution >= 0.6 is 0 Å². The zero-order valence-corrected chi connectivity index (χ0v) is 26.6. The molecule has 1 saturated heterocycles. The molecule has 3 amide bonds. The SMILES string of the molecule is CCCNC(=O)OC[C@H]1O[C@H](CCON=C2C[C@@H](O)[C@@H](O)[C@@H]3[C@H]4C(=O)N(CC)C(=O)[C@@H]4CC[C@H]23)C=C[C@H]1Oc1ccc(OC)cc1. The number of methoxy groups -OCH3 is 1. The van der Waals surface area contributed by atoms with E-state index in [2.05, 4.69) is 10.5 Å². The third-order valence-corrected chi connectivity index (χ3v) is 9.32. The van der Waals surface area contributed by atoms with Crippen molar-refractivity contribution in [3.05, 3.63) is 36.4 Å². The summed E-state index contributed by atoms with van der Waals surface area (Å²) in [6.07, 6.45) is 1.97. The van der Waals surface area contributed by atoms with Gasteiger partial charge in [0, 0.05) is 37.8 Å². The van der Waals surface area contributed by atoms with Gasteiger partial charge in [-0.2, -0.15) is 0 Å². The highest BCUT2D eigenvalue weighted by atomic mass is 16.6. The second-order valence-electron chi connectivity index (χ2n) is 12.2. The summed E-state index contributed by atoms with van der Waals surface area (Å²) < 4.78 is 23.0. The Morgan fingerprint density at radius 3 is 2.52 bits per heavy atom. The van der Waals surface area contributed by atoms with Crippen LogP contribution in [0.3, 0.4) is 0 Å². The lowest BCUT2D eigenvalue weighted by Gasteiger charge is -2.45. The van der Waals surface area contributed by atoms with E-state index in [0.717, 1.165) is 6.42 Å². The highest BCUT2D eigenvalue weighted by Crippen LogP contribution is 2.49. The van der Waals surface area contributed by atoms with Crippen molar-refractivity contribution >= 4 is 23.6 Å². The van der Waals surface area contributed by atoms with Crippen molar-refractivity contribution < 1.29 is 48.4 Å². The highest BCUT2D eigenvalue weighted by Gasteiger charge is 2.59. The van der Waals surface area contributed by atoms with Gasteiger partial charge in [-0.1, -0.05) is 18.2 Å². The predicted molar refractivity (Wildman–Crippen MR) is 165 cm³/mol. The van der Waals surface area contributed by atoms with Crippen molar-refractivity contribution in [2.24, 2.45) is 28.8 Å². The van der Waals surface area contributed by atoms with E-state index in [4.69, 9.17) is 23.8 Å². The van der Waals surface area contributed by atoms with Crippen LogP contribution in [0, 0.1) is 23.7 Å². The average molecular weight is 644 g/mol. The fraction of sp³-hybridized carbons (Fsp3) is 0.636. The van der Waals surface area contributed by atoms with Gasteiger partial charge < -0.3 is 39.3 Å². The van der Waals surface area contributed by atoms with Crippen LogP contribution in [-0.2, 0) is 23.9 Å². The Morgan fingerprint density at radius 2 is 1.80 bits per heavy atom. The summed E-state index contributed by atoms with van der Waals surface area (Å²) >= 11 is 0. The van der Waals surface area contributed by atoms with Crippen LogP contribution in [0.2, 0.25) is 0 Å². The van der Waals surface area contributed by atoms with E-state index >= 15 is 0 Å². The Kier molecular flexibility index (Phi) is 11.2. The van der Waals surface area contributed by atoms with Crippen molar-refractivity contribution in [1.82, 2.24) is 10.2 Å². The third-order valence-electron chi connectivity index (χ3n) is 9.32. The van der Waals surface area contributed by atoms with Crippen molar-refractivity contribution in [1.29, 1.82) is 0 Å². The van der Waals surface area contributed by atoms with Crippen LogP contribution in [0.5, 0.6) is 11.5 Å². The van der Waals surface area contributed by atoms with Crippen LogP contribution < -0.4 is 14.8 Å². The number of fused-ring (bicyclic) bond motifs is 3. The molecule has 2 aliphatic carbocycles. The number of hydrogen-bond acceptors (Lipinski definition) is 11. The zero-order valence-electron chi connectivity index (χ0n) is 26.6. The topological polar surface area (TPSA) is 165 Å². The van der Waals surface area contributed by atoms with Gasteiger partial charge in [0.2, 0.25) is 11.8 Å². The number of hydrogen-bond donors (Lipinski definition) is 3. The first-order chi connectivity index (χ1) is 22.2. The minimum absolute atomic E-state index is 0.0253. The van der Waals surface area contributed by atoms with Gasteiger partial charge in [-0.3, -0.25) is 14.5 Å². The molecule has 13 nitrogen and oxygen atoms in total. The number of aliphatic hydroxyl groups excluding tert-OH is 2. The highest BCUT2D eigenvalue weighted by molar-refractivity contribution is 6.06. The first kappa shape index (κ1) is 33.7. The summed E-state index contributed by atoms with van der Waals surface area (Å²) in [4.78, 5) is 45.0. The molecule has 0 unspecified atom stereocenters. The molecule has 5 rings (SSSR count). The Hall–Kier alpha value is -3.68. The van der Waals surface area contributed by atoms with Crippen LogP contribution in [-0.4, -0.2) is 103 Å². The van der Waals surface area contributed by atoms with Gasteiger partial charge in [0.25, 0.3) is 0 Å². The van der Waals surface area contributed by atoms with Gasteiger partial charge in [0.1, 0.15) is 36.9 Å². The summed E-state index contributed by atoms with van der Waals surface area (Å²) in [6.45, 7) is 4.67. The smallest absolute Gasteiger partial charge is 0.407 e. The maximum atomic E-state index is 13.1. The Morgan fingerprint density at radius 1 is 1.07 bits per heavy atom. The van der Waals surface area contributed by atoms with Crippen molar-refractivity contribution in [2.75, 3.05) is 33.4 Å². The molecule has 13 heteroatoms. The van der Waals surface area contributed by atoms with E-state index in [-0.39, 0.29) is 50.0 Å². The number of rotatable bonds is 12. The maximum absolute atomic E-state index is 13.1. The summed E-state index contributed by atoms with van der Waals surface area (Å²) in [5.41, 5.74) is 0.592. The summed E-state index contributed by atoms with van der Waals surface area (Å²) in [5.74, 6) is -1.17. The molecule has 0 bridgehead atoms. The number of imide groups is 1. The van der Waals surface area contributed by atoms with E-state index in [9.17, 15) is 24.6 Å². The lowest BCUT2D eigenvalue weighted by Crippen LogP contribution is -2.54. The van der Waals surface area contributed by atoms with Crippen LogP contribution in [0.4, 0.5) is 4.79 Å². The van der Waals surface area contributed by atoms with E-state index in [1.54, 1.807) is 38.3 Å². The number of likely N-dealkylation sites (tertiary alicyclic amines) is 1. The largest absolute Gasteiger partial charge is 0.497 e. The van der Waals surface area contributed by atoms with Gasteiger partial charge >= 0.3 is 6.09 Å². The fourth-order valence-corrected chi connectivity index (χ4v) is 7.01. The van der Waals surface area contributed by atoms with Gasteiger partial charge in [-0.15, -0.1) is 0 Å². The molecule has 0 radical (unpaired) electrons. The minimum atomic E-state index is -1.12. The molecule has 46 heavy (non-hydrogen) atoms. The number of nitrogens with zero attached hydrogens (tertiary/aromatic N) is 2. The monoisotopic (exact) mass is 643 g/mol. The number of oxime groups is 1. The molecule has 9 atom stereocenters. The van der Waals surface area contributed by atoms with Crippen molar-refractivity contribution in [2.45, 2.75) is 76.5 Å². The molecule has 4 aliphatic rings. The van der Waals surface area contributed by atoms with Crippen molar-refractivity contribution in [3.63, 3.8) is 0 Å². The zero-order chi connectivity index (χ0) is 32.8. The fourth-order valence-electron chi connectivity index (χ4n) is 7.01. The van der Waals surface area contributed by atoms with Gasteiger partial charge in [0.05, 0.1) is 43.0 Å². The second-order valence-corrected chi connectivity index (χ2v) is 12.2. The summed E-state index contributed by atoms with van der Waals surface area (Å²) in [6, 6.07) is 7.16. The molecule has 3 N–H and O–H groups in total. The predicted octanol–water partition coefficient (Wildman–Crippen LogP) is 2.44. The average Bonchev–Trinajstić information content (AvgIpc) is 3.32. The summed E-state index contributed by atoms with van der Waals surface area (Å²) in [7, 11) is 1.59. The molecular weight excluding hydrogens is 598 g/mol. The van der Waals surface area contributed by atoms with Gasteiger partial charge in [0.15, 0.2) is 0 Å². The molecule has 1 aromatic carbocycles. The second kappa shape index (κ2) is 15.3. The number of alkyl carbamates (subject to hydrolysis) is 1. The number of aliphatic hydroxyl groups is 2. The molecule has 3 fully saturated rings. The number of carbonyl (C=O) groups is 3. The molecule has 2 aliphatic heterocycles. The maximum Gasteiger partial charge on any atom is 0.407 e. The van der Waals surface area contributed by atoms with Gasteiger partial charge in [-0.25, -0.2) is 4.79 Å². The van der Waals surface area contributed by atoms with E-state index in [1.807, 2.05) is 19.1 Å². The number of benzene rings is 1. The molecule has 0 aromatic heterocycles. The molecular formula is C33H45N3O10. The summed E-state index contributed by atoms with van der Waals surface area (Å²) in [5, 5.41) is 28.7. The third kappa shape index (κ3) is 7.31. The lowest BCUT2D eigenvalue weighted by molar-refractivity contribution is -0.141. The van der Waals surface area contributed by atoms with Crippen molar-refractivity contribution in [3.8, 4) is 11.5 Å². The number of ether oxygens (including phenoxy) is 4.